The van der Waals surface area contributed by atoms with Crippen molar-refractivity contribution in [2.45, 2.75) is 45.4 Å². The molecular formula is C17H22N4O2. The molecule has 23 heavy (non-hydrogen) atoms. The lowest BCUT2D eigenvalue weighted by Gasteiger charge is -2.09. The molecule has 6 heteroatoms. The molecule has 0 atom stereocenters. The number of hydrogen-bond acceptors (Lipinski definition) is 4. The maximum Gasteiger partial charge on any atom is 0.269 e. The van der Waals surface area contributed by atoms with Gasteiger partial charge in [-0.1, -0.05) is 13.3 Å². The van der Waals surface area contributed by atoms with Crippen LogP contribution in [0.4, 0.5) is 11.5 Å². The predicted molar refractivity (Wildman–Crippen MR) is 90.3 cm³/mol. The summed E-state index contributed by atoms with van der Waals surface area (Å²) < 4.78 is 1.91. The van der Waals surface area contributed by atoms with Crippen LogP contribution in [0.5, 0.6) is 0 Å². The summed E-state index contributed by atoms with van der Waals surface area (Å²) in [4.78, 5) is 10.4. The van der Waals surface area contributed by atoms with Gasteiger partial charge in [0, 0.05) is 24.2 Å². The maximum atomic E-state index is 10.8. The Kier molecular flexibility index (Phi) is 4.60. The summed E-state index contributed by atoms with van der Waals surface area (Å²) in [5.74, 6) is 1.06. The highest BCUT2D eigenvalue weighted by Gasteiger charge is 2.20. The second kappa shape index (κ2) is 6.81. The number of benzene rings is 1. The van der Waals surface area contributed by atoms with E-state index in [1.807, 2.05) is 4.68 Å². The van der Waals surface area contributed by atoms with Gasteiger partial charge >= 0.3 is 0 Å². The Morgan fingerprint density at radius 1 is 1.30 bits per heavy atom. The maximum absolute atomic E-state index is 10.8. The Bertz CT molecular complexity index is 691. The van der Waals surface area contributed by atoms with Gasteiger partial charge in [-0.15, -0.1) is 0 Å². The molecule has 1 N–H and O–H groups in total. The lowest BCUT2D eigenvalue weighted by Crippen LogP contribution is -2.07. The van der Waals surface area contributed by atoms with Crippen molar-refractivity contribution >= 4 is 11.5 Å². The number of aryl methyl sites for hydroxylation is 1. The molecule has 6 nitrogen and oxygen atoms in total. The first-order valence-corrected chi connectivity index (χ1v) is 8.30. The van der Waals surface area contributed by atoms with E-state index in [4.69, 9.17) is 5.10 Å². The summed E-state index contributed by atoms with van der Waals surface area (Å²) in [6, 6.07) is 6.60. The number of nitro benzene ring substituents is 1. The van der Waals surface area contributed by atoms with Gasteiger partial charge in [0.1, 0.15) is 5.82 Å². The summed E-state index contributed by atoms with van der Waals surface area (Å²) in [5.41, 5.74) is 3.44. The summed E-state index contributed by atoms with van der Waals surface area (Å²) in [7, 11) is 0. The average Bonchev–Trinajstić information content (AvgIpc) is 2.73. The summed E-state index contributed by atoms with van der Waals surface area (Å²) >= 11 is 0. The second-order valence-corrected chi connectivity index (χ2v) is 5.95. The molecule has 0 saturated heterocycles. The fraction of sp³-hybridized carbons (Fsp3) is 0.471. The minimum atomic E-state index is -0.377. The highest BCUT2D eigenvalue weighted by Crippen LogP contribution is 2.29. The Morgan fingerprint density at radius 3 is 2.78 bits per heavy atom. The Balaban J connectivity index is 2.00. The molecule has 1 aromatic heterocycles. The number of fused-ring (bicyclic) bond motifs is 1. The van der Waals surface area contributed by atoms with Gasteiger partial charge in [-0.3, -0.25) is 10.1 Å². The van der Waals surface area contributed by atoms with Crippen molar-refractivity contribution in [3.63, 3.8) is 0 Å². The van der Waals surface area contributed by atoms with Crippen LogP contribution in [0.1, 0.15) is 43.9 Å². The molecule has 0 radical (unpaired) electrons. The molecule has 0 aliphatic carbocycles. The minimum absolute atomic E-state index is 0.103. The number of nitro groups is 1. The molecule has 0 unspecified atom stereocenters. The van der Waals surface area contributed by atoms with Crippen molar-refractivity contribution in [3.05, 3.63) is 45.6 Å². The van der Waals surface area contributed by atoms with Crippen LogP contribution < -0.4 is 5.32 Å². The van der Waals surface area contributed by atoms with E-state index in [0.29, 0.717) is 0 Å². The monoisotopic (exact) mass is 314 g/mol. The molecule has 0 fully saturated rings. The molecule has 1 aliphatic rings. The molecule has 0 spiro atoms. The number of nitrogens with zero attached hydrogens (tertiary/aromatic N) is 3. The molecule has 0 saturated carbocycles. The van der Waals surface area contributed by atoms with E-state index in [2.05, 4.69) is 12.2 Å². The van der Waals surface area contributed by atoms with E-state index in [0.717, 1.165) is 55.8 Å². The van der Waals surface area contributed by atoms with E-state index in [9.17, 15) is 10.1 Å². The van der Waals surface area contributed by atoms with Crippen LogP contribution in [0, 0.1) is 10.1 Å². The van der Waals surface area contributed by atoms with Crippen LogP contribution in [0.3, 0.4) is 0 Å². The van der Waals surface area contributed by atoms with Crippen LogP contribution in [0.25, 0.3) is 5.69 Å². The number of rotatable bonds is 5. The smallest absolute Gasteiger partial charge is 0.269 e. The minimum Gasteiger partial charge on any atom is -0.370 e. The normalized spacial score (nSPS) is 14.0. The van der Waals surface area contributed by atoms with Crippen molar-refractivity contribution < 1.29 is 4.92 Å². The number of unbranched alkanes of at least 4 members (excludes halogenated alkanes) is 1. The fourth-order valence-electron chi connectivity index (χ4n) is 3.02. The van der Waals surface area contributed by atoms with E-state index < -0.39 is 0 Å². The van der Waals surface area contributed by atoms with Gasteiger partial charge in [-0.05, 0) is 44.2 Å². The van der Waals surface area contributed by atoms with Crippen LogP contribution in [0.15, 0.2) is 24.3 Å². The first-order chi connectivity index (χ1) is 11.2. The topological polar surface area (TPSA) is 73.0 Å². The highest BCUT2D eigenvalue weighted by atomic mass is 16.6. The third-order valence-corrected chi connectivity index (χ3v) is 4.28. The molecule has 2 aromatic rings. The fourth-order valence-corrected chi connectivity index (χ4v) is 3.02. The van der Waals surface area contributed by atoms with Crippen molar-refractivity contribution in [3.8, 4) is 5.69 Å². The van der Waals surface area contributed by atoms with Crippen LogP contribution in [-0.2, 0) is 12.8 Å². The Morgan fingerprint density at radius 2 is 2.09 bits per heavy atom. The number of hydrogen-bond donors (Lipinski definition) is 1. The molecule has 3 rings (SSSR count). The molecule has 2 heterocycles. The third-order valence-electron chi connectivity index (χ3n) is 4.28. The second-order valence-electron chi connectivity index (χ2n) is 5.95. The molecule has 122 valence electrons. The standard InChI is InChI=1S/C17H22N4O2/c1-2-3-7-16-15-6-4-5-12-18-17(15)20(19-16)13-8-10-14(11-9-13)21(22)23/h8-11,18H,2-7,12H2,1H3. The van der Waals surface area contributed by atoms with Crippen molar-refractivity contribution in [1.82, 2.24) is 9.78 Å². The third kappa shape index (κ3) is 3.21. The zero-order chi connectivity index (χ0) is 16.2. The van der Waals surface area contributed by atoms with Crippen molar-refractivity contribution in [2.24, 2.45) is 0 Å². The summed E-state index contributed by atoms with van der Waals surface area (Å²) in [6.45, 7) is 3.13. The summed E-state index contributed by atoms with van der Waals surface area (Å²) in [6.07, 6.45) is 6.64. The Labute approximate surface area is 135 Å². The van der Waals surface area contributed by atoms with Gasteiger partial charge in [-0.25, -0.2) is 4.68 Å². The number of aromatic nitrogens is 2. The first-order valence-electron chi connectivity index (χ1n) is 8.30. The van der Waals surface area contributed by atoms with E-state index in [1.54, 1.807) is 12.1 Å². The van der Waals surface area contributed by atoms with E-state index in [1.165, 1.54) is 24.1 Å². The zero-order valence-corrected chi connectivity index (χ0v) is 13.4. The van der Waals surface area contributed by atoms with Gasteiger partial charge in [0.25, 0.3) is 5.69 Å². The largest absolute Gasteiger partial charge is 0.370 e. The molecule has 1 aromatic carbocycles. The van der Waals surface area contributed by atoms with Gasteiger partial charge in [0.15, 0.2) is 0 Å². The zero-order valence-electron chi connectivity index (χ0n) is 13.4. The van der Waals surface area contributed by atoms with E-state index in [-0.39, 0.29) is 10.6 Å². The van der Waals surface area contributed by atoms with Gasteiger partial charge in [-0.2, -0.15) is 5.10 Å². The number of anilines is 1. The lowest BCUT2D eigenvalue weighted by molar-refractivity contribution is -0.384. The highest BCUT2D eigenvalue weighted by molar-refractivity contribution is 5.55. The van der Waals surface area contributed by atoms with Gasteiger partial charge in [0.2, 0.25) is 0 Å². The lowest BCUT2D eigenvalue weighted by atomic mass is 10.1. The van der Waals surface area contributed by atoms with Crippen molar-refractivity contribution in [2.75, 3.05) is 11.9 Å². The molecule has 1 aliphatic heterocycles. The van der Waals surface area contributed by atoms with Crippen LogP contribution >= 0.6 is 0 Å². The number of non-ortho nitro benzene ring substituents is 1. The van der Waals surface area contributed by atoms with Gasteiger partial charge in [0.05, 0.1) is 16.3 Å². The molecular weight excluding hydrogens is 292 g/mol. The average molecular weight is 314 g/mol. The van der Waals surface area contributed by atoms with Crippen molar-refractivity contribution in [1.29, 1.82) is 0 Å². The summed E-state index contributed by atoms with van der Waals surface area (Å²) in [5, 5.41) is 19.1. The predicted octanol–water partition coefficient (Wildman–Crippen LogP) is 3.87. The van der Waals surface area contributed by atoms with Crippen LogP contribution in [0.2, 0.25) is 0 Å². The number of nitrogens with one attached hydrogen (secondary N) is 1. The van der Waals surface area contributed by atoms with E-state index >= 15 is 0 Å². The first kappa shape index (κ1) is 15.5. The SMILES string of the molecule is CCCCc1nn(-c2ccc([N+](=O)[O-])cc2)c2c1CCCCN2. The van der Waals surface area contributed by atoms with Gasteiger partial charge < -0.3 is 5.32 Å². The molecule has 0 bridgehead atoms. The quantitative estimate of drug-likeness (QED) is 0.671. The van der Waals surface area contributed by atoms with Crippen LogP contribution in [-0.4, -0.2) is 21.2 Å². The Hall–Kier alpha value is -2.37. The molecule has 0 amide bonds.